The van der Waals surface area contributed by atoms with Crippen molar-refractivity contribution in [2.75, 3.05) is 26.2 Å². The number of piperazine rings is 1. The van der Waals surface area contributed by atoms with E-state index in [-0.39, 0.29) is 17.4 Å². The van der Waals surface area contributed by atoms with E-state index in [9.17, 15) is 18.8 Å². The summed E-state index contributed by atoms with van der Waals surface area (Å²) >= 11 is 0. The van der Waals surface area contributed by atoms with Gasteiger partial charge in [-0.3, -0.25) is 14.4 Å². The highest BCUT2D eigenvalue weighted by Gasteiger charge is 2.35. The minimum atomic E-state index is -0.737. The number of benzene rings is 1. The molecule has 0 saturated carbocycles. The van der Waals surface area contributed by atoms with E-state index in [1.54, 1.807) is 0 Å². The number of halogens is 1. The van der Waals surface area contributed by atoms with Crippen LogP contribution in [0.3, 0.4) is 0 Å². The predicted octanol–water partition coefficient (Wildman–Crippen LogP) is -0.365. The molecule has 0 aliphatic carbocycles. The summed E-state index contributed by atoms with van der Waals surface area (Å²) in [5.41, 5.74) is 0.204. The zero-order chi connectivity index (χ0) is 17.8. The van der Waals surface area contributed by atoms with Crippen molar-refractivity contribution in [3.8, 4) is 0 Å². The van der Waals surface area contributed by atoms with Crippen molar-refractivity contribution in [2.45, 2.75) is 24.9 Å². The third-order valence-electron chi connectivity index (χ3n) is 4.48. The van der Waals surface area contributed by atoms with E-state index in [0.29, 0.717) is 32.6 Å². The fourth-order valence-electron chi connectivity index (χ4n) is 3.15. The molecule has 1 aromatic carbocycles. The Labute approximate surface area is 144 Å². The molecule has 0 unspecified atom stereocenters. The van der Waals surface area contributed by atoms with Gasteiger partial charge in [-0.05, 0) is 31.0 Å². The van der Waals surface area contributed by atoms with E-state index in [1.165, 1.54) is 23.1 Å². The average molecular weight is 348 g/mol. The van der Waals surface area contributed by atoms with Gasteiger partial charge in [-0.1, -0.05) is 6.07 Å². The Morgan fingerprint density at radius 1 is 1.28 bits per heavy atom. The highest BCUT2D eigenvalue weighted by atomic mass is 19.1. The maximum Gasteiger partial charge on any atom is 0.254 e. The summed E-state index contributed by atoms with van der Waals surface area (Å²) in [5, 5.41) is 8.52. The average Bonchev–Trinajstić information content (AvgIpc) is 2.63. The van der Waals surface area contributed by atoms with Crippen LogP contribution in [0.25, 0.3) is 0 Å². The van der Waals surface area contributed by atoms with Gasteiger partial charge in [-0.25, -0.2) is 4.39 Å². The van der Waals surface area contributed by atoms with Gasteiger partial charge in [0.25, 0.3) is 5.91 Å². The topological polar surface area (TPSA) is 90.5 Å². The molecule has 0 radical (unpaired) electrons. The Kier molecular flexibility index (Phi) is 5.28. The van der Waals surface area contributed by atoms with Crippen LogP contribution < -0.4 is 16.0 Å². The van der Waals surface area contributed by atoms with Gasteiger partial charge in [0, 0.05) is 31.7 Å². The SMILES string of the molecule is O=C1NCCC[C@H]1NC(=O)[C@@H]1CNCCN1C(=O)c1cccc(F)c1. The molecule has 134 valence electrons. The monoisotopic (exact) mass is 348 g/mol. The van der Waals surface area contributed by atoms with Crippen molar-refractivity contribution in [2.24, 2.45) is 0 Å². The van der Waals surface area contributed by atoms with Crippen molar-refractivity contribution in [3.63, 3.8) is 0 Å². The molecule has 3 amide bonds. The lowest BCUT2D eigenvalue weighted by Gasteiger charge is -2.36. The first-order valence-corrected chi connectivity index (χ1v) is 8.41. The van der Waals surface area contributed by atoms with E-state index in [2.05, 4.69) is 16.0 Å². The lowest BCUT2D eigenvalue weighted by atomic mass is 10.0. The van der Waals surface area contributed by atoms with E-state index in [4.69, 9.17) is 0 Å². The fraction of sp³-hybridized carbons (Fsp3) is 0.471. The van der Waals surface area contributed by atoms with Crippen molar-refractivity contribution >= 4 is 17.7 Å². The van der Waals surface area contributed by atoms with Gasteiger partial charge in [-0.15, -0.1) is 0 Å². The first-order chi connectivity index (χ1) is 12.1. The second-order valence-electron chi connectivity index (χ2n) is 6.22. The molecular formula is C17H21FN4O3. The quantitative estimate of drug-likeness (QED) is 0.696. The largest absolute Gasteiger partial charge is 0.354 e. The third kappa shape index (κ3) is 3.96. The number of rotatable bonds is 3. The minimum Gasteiger partial charge on any atom is -0.354 e. The van der Waals surface area contributed by atoms with Crippen LogP contribution in [0, 0.1) is 5.82 Å². The summed E-state index contributed by atoms with van der Waals surface area (Å²) in [4.78, 5) is 38.6. The van der Waals surface area contributed by atoms with Crippen molar-refractivity contribution in [3.05, 3.63) is 35.6 Å². The summed E-state index contributed by atoms with van der Waals surface area (Å²) in [7, 11) is 0. The first-order valence-electron chi connectivity index (χ1n) is 8.41. The van der Waals surface area contributed by atoms with Crippen LogP contribution in [0.1, 0.15) is 23.2 Å². The molecule has 8 heteroatoms. The standard InChI is InChI=1S/C17H21FN4O3/c18-12-4-1-3-11(9-12)17(25)22-8-7-19-10-14(22)16(24)21-13-5-2-6-20-15(13)23/h1,3-4,9,13-14,19H,2,5-8,10H2,(H,20,23)(H,21,24)/t13-,14+/m1/s1. The first kappa shape index (κ1) is 17.3. The number of hydrogen-bond acceptors (Lipinski definition) is 4. The Morgan fingerprint density at radius 3 is 2.88 bits per heavy atom. The molecule has 2 aliphatic rings. The molecular weight excluding hydrogens is 327 g/mol. The van der Waals surface area contributed by atoms with Crippen LogP contribution in [0.2, 0.25) is 0 Å². The van der Waals surface area contributed by atoms with Gasteiger partial charge in [-0.2, -0.15) is 0 Å². The molecule has 2 atom stereocenters. The summed E-state index contributed by atoms with van der Waals surface area (Å²) in [5.74, 6) is -1.47. The number of piperidine rings is 1. The Hall–Kier alpha value is -2.48. The van der Waals surface area contributed by atoms with Crippen LogP contribution in [-0.4, -0.2) is 60.9 Å². The van der Waals surface area contributed by atoms with Gasteiger partial charge in [0.1, 0.15) is 17.9 Å². The van der Waals surface area contributed by atoms with Gasteiger partial charge in [0.15, 0.2) is 0 Å². The fourth-order valence-corrected chi connectivity index (χ4v) is 3.15. The normalized spacial score (nSPS) is 23.7. The van der Waals surface area contributed by atoms with E-state index in [0.717, 1.165) is 12.5 Å². The van der Waals surface area contributed by atoms with E-state index >= 15 is 0 Å². The molecule has 0 spiro atoms. The molecule has 0 bridgehead atoms. The number of amides is 3. The zero-order valence-electron chi connectivity index (χ0n) is 13.8. The van der Waals surface area contributed by atoms with Crippen LogP contribution in [-0.2, 0) is 9.59 Å². The summed E-state index contributed by atoms with van der Waals surface area (Å²) < 4.78 is 13.4. The second-order valence-corrected chi connectivity index (χ2v) is 6.22. The summed E-state index contributed by atoms with van der Waals surface area (Å²) in [6, 6.07) is 4.10. The lowest BCUT2D eigenvalue weighted by Crippen LogP contribution is -2.62. The second kappa shape index (κ2) is 7.60. The highest BCUT2D eigenvalue weighted by Crippen LogP contribution is 2.13. The zero-order valence-corrected chi connectivity index (χ0v) is 13.8. The Bertz CT molecular complexity index is 682. The predicted molar refractivity (Wildman–Crippen MR) is 88.3 cm³/mol. The highest BCUT2D eigenvalue weighted by molar-refractivity contribution is 5.98. The van der Waals surface area contributed by atoms with Gasteiger partial charge in [0.2, 0.25) is 11.8 Å². The van der Waals surface area contributed by atoms with Crippen molar-refractivity contribution in [1.29, 1.82) is 0 Å². The maximum absolute atomic E-state index is 13.4. The molecule has 3 N–H and O–H groups in total. The minimum absolute atomic E-state index is 0.202. The van der Waals surface area contributed by atoms with Crippen LogP contribution >= 0.6 is 0 Å². The third-order valence-corrected chi connectivity index (χ3v) is 4.48. The summed E-state index contributed by atoms with van der Waals surface area (Å²) in [6.45, 7) is 1.79. The van der Waals surface area contributed by atoms with Crippen LogP contribution in [0.4, 0.5) is 4.39 Å². The molecule has 1 aromatic rings. The maximum atomic E-state index is 13.4. The lowest BCUT2D eigenvalue weighted by molar-refractivity contribution is -0.132. The molecule has 2 aliphatic heterocycles. The molecule has 2 fully saturated rings. The van der Waals surface area contributed by atoms with E-state index < -0.39 is 23.8 Å². The molecule has 2 heterocycles. The Morgan fingerprint density at radius 2 is 2.12 bits per heavy atom. The van der Waals surface area contributed by atoms with Gasteiger partial charge >= 0.3 is 0 Å². The molecule has 3 rings (SSSR count). The Balaban J connectivity index is 1.72. The number of nitrogens with zero attached hydrogens (tertiary/aromatic N) is 1. The number of carbonyl (C=O) groups excluding carboxylic acids is 3. The molecule has 7 nitrogen and oxygen atoms in total. The number of nitrogens with one attached hydrogen (secondary N) is 3. The molecule has 0 aromatic heterocycles. The van der Waals surface area contributed by atoms with Crippen molar-refractivity contribution in [1.82, 2.24) is 20.9 Å². The van der Waals surface area contributed by atoms with E-state index in [1.807, 2.05) is 0 Å². The van der Waals surface area contributed by atoms with Gasteiger partial charge < -0.3 is 20.9 Å². The van der Waals surface area contributed by atoms with Crippen molar-refractivity contribution < 1.29 is 18.8 Å². The number of carbonyl (C=O) groups is 3. The molecule has 2 saturated heterocycles. The number of hydrogen-bond donors (Lipinski definition) is 3. The van der Waals surface area contributed by atoms with Gasteiger partial charge in [0.05, 0.1) is 0 Å². The van der Waals surface area contributed by atoms with Crippen LogP contribution in [0.15, 0.2) is 24.3 Å². The molecule has 25 heavy (non-hydrogen) atoms. The smallest absolute Gasteiger partial charge is 0.254 e. The summed E-state index contributed by atoms with van der Waals surface area (Å²) in [6.07, 6.45) is 1.38. The van der Waals surface area contributed by atoms with Crippen LogP contribution in [0.5, 0.6) is 0 Å².